The van der Waals surface area contributed by atoms with Crippen molar-refractivity contribution >= 4 is 35.4 Å². The van der Waals surface area contributed by atoms with Crippen LogP contribution in [0.5, 0.6) is 5.75 Å². The summed E-state index contributed by atoms with van der Waals surface area (Å²) in [4.78, 5) is 19.3. The van der Waals surface area contributed by atoms with Crippen molar-refractivity contribution in [3.05, 3.63) is 99.0 Å². The van der Waals surface area contributed by atoms with Crippen LogP contribution in [-0.4, -0.2) is 23.8 Å². The molecule has 0 radical (unpaired) electrons. The molecule has 3 aromatic carbocycles. The van der Waals surface area contributed by atoms with Crippen molar-refractivity contribution < 1.29 is 9.53 Å². The first kappa shape index (κ1) is 24.3. The summed E-state index contributed by atoms with van der Waals surface area (Å²) in [5, 5.41) is 1.29. The third kappa shape index (κ3) is 4.84. The van der Waals surface area contributed by atoms with E-state index in [0.29, 0.717) is 28.2 Å². The highest BCUT2D eigenvalue weighted by molar-refractivity contribution is 6.30. The zero-order chi connectivity index (χ0) is 24.5. The number of hydrogen-bond donors (Lipinski definition) is 0. The molecule has 34 heavy (non-hydrogen) atoms. The van der Waals surface area contributed by atoms with E-state index in [1.807, 2.05) is 61.5 Å². The SMILES string of the molecule is CCOc1cc(C(C)(C)C)ccc1C1=N[C@@H](c2ccc(Cl)cc2)[C@@H](c2ccc(Cl)cc2)N1C=O. The molecule has 1 aliphatic heterocycles. The van der Waals surface area contributed by atoms with Crippen molar-refractivity contribution in [2.75, 3.05) is 6.61 Å². The van der Waals surface area contributed by atoms with Gasteiger partial charge >= 0.3 is 0 Å². The standard InChI is InChI=1S/C28H28Cl2N2O2/c1-5-34-24-16-20(28(2,3)4)10-15-23(24)27-31-25(18-6-11-21(29)12-7-18)26(32(27)17-33)19-8-13-22(30)14-9-19/h6-17,25-26H,5H2,1-4H3/t25-,26+/m0/s1. The monoisotopic (exact) mass is 494 g/mol. The third-order valence-corrected chi connectivity index (χ3v) is 6.53. The minimum atomic E-state index is -0.331. The molecule has 0 saturated heterocycles. The Kier molecular flexibility index (Phi) is 7.01. The van der Waals surface area contributed by atoms with Crippen LogP contribution in [0.1, 0.15) is 62.0 Å². The first-order chi connectivity index (χ1) is 16.2. The Morgan fingerprint density at radius 2 is 1.53 bits per heavy atom. The van der Waals surface area contributed by atoms with Gasteiger partial charge in [0, 0.05) is 10.0 Å². The van der Waals surface area contributed by atoms with E-state index in [4.69, 9.17) is 32.9 Å². The number of hydrogen-bond acceptors (Lipinski definition) is 3. The van der Waals surface area contributed by atoms with Gasteiger partial charge in [0.1, 0.15) is 17.6 Å². The van der Waals surface area contributed by atoms with E-state index < -0.39 is 0 Å². The summed E-state index contributed by atoms with van der Waals surface area (Å²) in [6.45, 7) is 8.95. The van der Waals surface area contributed by atoms with Crippen molar-refractivity contribution in [2.45, 2.75) is 45.2 Å². The highest BCUT2D eigenvalue weighted by atomic mass is 35.5. The van der Waals surface area contributed by atoms with Crippen LogP contribution in [-0.2, 0) is 10.2 Å². The second-order valence-electron chi connectivity index (χ2n) is 9.35. The second-order valence-corrected chi connectivity index (χ2v) is 10.2. The smallest absolute Gasteiger partial charge is 0.215 e. The average molecular weight is 495 g/mol. The number of benzene rings is 3. The largest absolute Gasteiger partial charge is 0.493 e. The van der Waals surface area contributed by atoms with Crippen LogP contribution in [0, 0.1) is 0 Å². The van der Waals surface area contributed by atoms with Crippen LogP contribution in [0.3, 0.4) is 0 Å². The number of amidine groups is 1. The number of halogens is 2. The quantitative estimate of drug-likeness (QED) is 0.335. The molecule has 1 amide bonds. The zero-order valence-electron chi connectivity index (χ0n) is 19.8. The molecule has 0 unspecified atom stereocenters. The van der Waals surface area contributed by atoms with Crippen LogP contribution in [0.15, 0.2) is 71.7 Å². The molecule has 1 heterocycles. The van der Waals surface area contributed by atoms with Crippen LogP contribution in [0.25, 0.3) is 0 Å². The van der Waals surface area contributed by atoms with Crippen LogP contribution in [0.2, 0.25) is 10.0 Å². The van der Waals surface area contributed by atoms with Gasteiger partial charge in [-0.25, -0.2) is 0 Å². The van der Waals surface area contributed by atoms with E-state index in [1.54, 1.807) is 4.90 Å². The van der Waals surface area contributed by atoms with E-state index in [2.05, 4.69) is 32.9 Å². The lowest BCUT2D eigenvalue weighted by Crippen LogP contribution is -2.31. The molecule has 3 aromatic rings. The lowest BCUT2D eigenvalue weighted by Gasteiger charge is -2.27. The van der Waals surface area contributed by atoms with Crippen molar-refractivity contribution in [1.82, 2.24) is 4.90 Å². The summed E-state index contributed by atoms with van der Waals surface area (Å²) in [7, 11) is 0. The van der Waals surface area contributed by atoms with Gasteiger partial charge in [-0.1, -0.05) is 74.3 Å². The summed E-state index contributed by atoms with van der Waals surface area (Å²) < 4.78 is 6.03. The Hall–Kier alpha value is -2.82. The van der Waals surface area contributed by atoms with Gasteiger partial charge in [0.05, 0.1) is 18.2 Å². The van der Waals surface area contributed by atoms with Crippen LogP contribution >= 0.6 is 23.2 Å². The normalized spacial score (nSPS) is 18.1. The molecule has 0 aliphatic carbocycles. The van der Waals surface area contributed by atoms with Gasteiger partial charge in [-0.2, -0.15) is 0 Å². The highest BCUT2D eigenvalue weighted by Crippen LogP contribution is 2.44. The van der Waals surface area contributed by atoms with Crippen molar-refractivity contribution in [2.24, 2.45) is 4.99 Å². The lowest BCUT2D eigenvalue weighted by molar-refractivity contribution is -0.116. The summed E-state index contributed by atoms with van der Waals surface area (Å²) in [5.41, 5.74) is 3.82. The maximum atomic E-state index is 12.5. The molecular formula is C28H28Cl2N2O2. The number of carbonyl (C=O) groups is 1. The Labute approximate surface area is 211 Å². The van der Waals surface area contributed by atoms with E-state index in [-0.39, 0.29) is 17.5 Å². The second kappa shape index (κ2) is 9.81. The molecule has 4 nitrogen and oxygen atoms in total. The molecule has 0 N–H and O–H groups in total. The maximum Gasteiger partial charge on any atom is 0.215 e. The average Bonchev–Trinajstić information content (AvgIpc) is 3.19. The molecule has 2 atom stereocenters. The van der Waals surface area contributed by atoms with Gasteiger partial charge in [-0.05, 0) is 65.4 Å². The van der Waals surface area contributed by atoms with Gasteiger partial charge < -0.3 is 4.74 Å². The van der Waals surface area contributed by atoms with Crippen molar-refractivity contribution in [1.29, 1.82) is 0 Å². The third-order valence-electron chi connectivity index (χ3n) is 6.03. The number of carbonyl (C=O) groups excluding carboxylic acids is 1. The van der Waals surface area contributed by atoms with Crippen molar-refractivity contribution in [3.63, 3.8) is 0 Å². The topological polar surface area (TPSA) is 41.9 Å². The molecular weight excluding hydrogens is 467 g/mol. The zero-order valence-corrected chi connectivity index (χ0v) is 21.3. The van der Waals surface area contributed by atoms with Crippen LogP contribution in [0.4, 0.5) is 0 Å². The predicted octanol–water partition coefficient (Wildman–Crippen LogP) is 7.39. The number of aliphatic imine (C=N–C) groups is 1. The molecule has 0 spiro atoms. The molecule has 0 bridgehead atoms. The summed E-state index contributed by atoms with van der Waals surface area (Å²) in [6.07, 6.45) is 0.849. The fourth-order valence-electron chi connectivity index (χ4n) is 4.25. The van der Waals surface area contributed by atoms with Gasteiger partial charge in [-0.15, -0.1) is 0 Å². The highest BCUT2D eigenvalue weighted by Gasteiger charge is 2.39. The fourth-order valence-corrected chi connectivity index (χ4v) is 4.50. The van der Waals surface area contributed by atoms with Gasteiger partial charge in [0.2, 0.25) is 6.41 Å². The summed E-state index contributed by atoms with van der Waals surface area (Å²) in [6, 6.07) is 20.6. The first-order valence-electron chi connectivity index (χ1n) is 11.3. The molecule has 1 aliphatic rings. The molecule has 4 rings (SSSR count). The molecule has 176 valence electrons. The minimum Gasteiger partial charge on any atom is -0.493 e. The Morgan fingerprint density at radius 1 is 0.941 bits per heavy atom. The van der Waals surface area contributed by atoms with E-state index in [1.165, 1.54) is 0 Å². The van der Waals surface area contributed by atoms with E-state index in [9.17, 15) is 4.79 Å². The number of rotatable bonds is 6. The number of amides is 1. The van der Waals surface area contributed by atoms with E-state index in [0.717, 1.165) is 28.7 Å². The van der Waals surface area contributed by atoms with Crippen molar-refractivity contribution in [3.8, 4) is 5.75 Å². The fraction of sp³-hybridized carbons (Fsp3) is 0.286. The summed E-state index contributed by atoms with van der Waals surface area (Å²) >= 11 is 12.3. The van der Waals surface area contributed by atoms with E-state index >= 15 is 0 Å². The van der Waals surface area contributed by atoms with Crippen LogP contribution < -0.4 is 4.74 Å². The molecule has 6 heteroatoms. The Balaban J connectivity index is 1.88. The molecule has 0 aromatic heterocycles. The predicted molar refractivity (Wildman–Crippen MR) is 139 cm³/mol. The number of ether oxygens (including phenoxy) is 1. The Morgan fingerprint density at radius 3 is 2.06 bits per heavy atom. The summed E-state index contributed by atoms with van der Waals surface area (Å²) in [5.74, 6) is 1.30. The Bertz CT molecular complexity index is 1200. The maximum absolute atomic E-state index is 12.5. The molecule has 0 saturated carbocycles. The van der Waals surface area contributed by atoms with Gasteiger partial charge in [-0.3, -0.25) is 14.7 Å². The minimum absolute atomic E-state index is 0.0378. The first-order valence-corrected chi connectivity index (χ1v) is 12.1. The molecule has 0 fully saturated rings. The van der Waals surface area contributed by atoms with Gasteiger partial charge in [0.15, 0.2) is 0 Å². The van der Waals surface area contributed by atoms with Gasteiger partial charge in [0.25, 0.3) is 0 Å². The lowest BCUT2D eigenvalue weighted by atomic mass is 9.86. The number of nitrogens with zero attached hydrogens (tertiary/aromatic N) is 2.